The van der Waals surface area contributed by atoms with E-state index < -0.39 is 23.4 Å². The van der Waals surface area contributed by atoms with Crippen LogP contribution in [0.2, 0.25) is 0 Å². The van der Waals surface area contributed by atoms with Crippen molar-refractivity contribution in [1.82, 2.24) is 15.2 Å². The maximum Gasteiger partial charge on any atom is 0.412 e. The average molecular weight is 462 g/mol. The minimum absolute atomic E-state index is 0.0505. The molecular formula is C24H22N4O6. The SMILES string of the molecule is CCC1(C(=O)O)CN(C(=O)c2nonc2NC(=O)OCC2c3ccccc3-c3ccccc32)C1. The lowest BCUT2D eigenvalue weighted by atomic mass is 9.77. The Labute approximate surface area is 194 Å². The van der Waals surface area contributed by atoms with Gasteiger partial charge in [-0.05, 0) is 39.0 Å². The van der Waals surface area contributed by atoms with Gasteiger partial charge in [0.1, 0.15) is 12.0 Å². The Balaban J connectivity index is 1.24. The molecule has 1 saturated heterocycles. The number of aromatic nitrogens is 2. The molecule has 0 bridgehead atoms. The van der Waals surface area contributed by atoms with Gasteiger partial charge in [-0.15, -0.1) is 0 Å². The van der Waals surface area contributed by atoms with Gasteiger partial charge in [0.15, 0.2) is 0 Å². The van der Waals surface area contributed by atoms with E-state index in [1.54, 1.807) is 6.92 Å². The normalized spacial score (nSPS) is 15.7. The zero-order valence-electron chi connectivity index (χ0n) is 18.4. The fourth-order valence-corrected chi connectivity index (χ4v) is 4.63. The molecule has 1 aliphatic carbocycles. The minimum Gasteiger partial charge on any atom is -0.481 e. The van der Waals surface area contributed by atoms with Crippen LogP contribution in [0.3, 0.4) is 0 Å². The van der Waals surface area contributed by atoms with Crippen molar-refractivity contribution < 1.29 is 28.9 Å². The third-order valence-electron chi connectivity index (χ3n) is 6.66. The Bertz CT molecular complexity index is 1230. The van der Waals surface area contributed by atoms with E-state index in [0.717, 1.165) is 22.3 Å². The zero-order chi connectivity index (χ0) is 23.9. The van der Waals surface area contributed by atoms with Crippen LogP contribution >= 0.6 is 0 Å². The lowest BCUT2D eigenvalue weighted by Crippen LogP contribution is -2.61. The van der Waals surface area contributed by atoms with Crippen molar-refractivity contribution in [3.05, 3.63) is 65.4 Å². The quantitative estimate of drug-likeness (QED) is 0.569. The van der Waals surface area contributed by atoms with Crippen molar-refractivity contribution in [3.63, 3.8) is 0 Å². The monoisotopic (exact) mass is 462 g/mol. The number of rotatable bonds is 6. The highest BCUT2D eigenvalue weighted by Gasteiger charge is 2.51. The smallest absolute Gasteiger partial charge is 0.412 e. The number of benzene rings is 2. The molecule has 0 spiro atoms. The fraction of sp³-hybridized carbons (Fsp3) is 0.292. The predicted molar refractivity (Wildman–Crippen MR) is 119 cm³/mol. The number of likely N-dealkylation sites (tertiary alicyclic amines) is 1. The van der Waals surface area contributed by atoms with E-state index in [2.05, 4.69) is 20.3 Å². The van der Waals surface area contributed by atoms with Gasteiger partial charge in [0.25, 0.3) is 5.91 Å². The van der Waals surface area contributed by atoms with Gasteiger partial charge >= 0.3 is 12.1 Å². The molecule has 3 aromatic rings. The minimum atomic E-state index is -0.965. The van der Waals surface area contributed by atoms with E-state index in [9.17, 15) is 19.5 Å². The van der Waals surface area contributed by atoms with Gasteiger partial charge in [-0.1, -0.05) is 55.5 Å². The molecule has 5 rings (SSSR count). The molecule has 0 unspecified atom stereocenters. The molecule has 0 saturated carbocycles. The largest absolute Gasteiger partial charge is 0.481 e. The number of nitrogens with zero attached hydrogens (tertiary/aromatic N) is 3. The number of hydrogen-bond donors (Lipinski definition) is 2. The first kappa shape index (κ1) is 21.6. The Kier molecular flexibility index (Phi) is 5.27. The second kappa shape index (κ2) is 8.29. The van der Waals surface area contributed by atoms with Gasteiger partial charge in [0, 0.05) is 19.0 Å². The summed E-state index contributed by atoms with van der Waals surface area (Å²) in [4.78, 5) is 38.1. The highest BCUT2D eigenvalue weighted by Crippen LogP contribution is 2.44. The predicted octanol–water partition coefficient (Wildman–Crippen LogP) is 3.37. The van der Waals surface area contributed by atoms with E-state index >= 15 is 0 Å². The summed E-state index contributed by atoms with van der Waals surface area (Å²) < 4.78 is 10.1. The maximum atomic E-state index is 12.7. The van der Waals surface area contributed by atoms with Crippen LogP contribution in [0.1, 0.15) is 40.9 Å². The van der Waals surface area contributed by atoms with Crippen LogP contribution in [0.4, 0.5) is 10.6 Å². The third kappa shape index (κ3) is 3.47. The van der Waals surface area contributed by atoms with Gasteiger partial charge in [-0.25, -0.2) is 9.42 Å². The summed E-state index contributed by atoms with van der Waals surface area (Å²) in [5, 5.41) is 19.0. The molecule has 0 atom stereocenters. The highest BCUT2D eigenvalue weighted by atomic mass is 16.6. The van der Waals surface area contributed by atoms with Crippen LogP contribution in [-0.4, -0.2) is 58.0 Å². The second-order valence-electron chi connectivity index (χ2n) is 8.51. The van der Waals surface area contributed by atoms with E-state index in [0.29, 0.717) is 6.42 Å². The summed E-state index contributed by atoms with van der Waals surface area (Å²) in [6.07, 6.45) is -0.405. The van der Waals surface area contributed by atoms with Crippen molar-refractivity contribution in [2.45, 2.75) is 19.3 Å². The topological polar surface area (TPSA) is 135 Å². The highest BCUT2D eigenvalue weighted by molar-refractivity contribution is 6.00. The standard InChI is InChI=1S/C24H22N4O6/c1-2-24(22(30)31)12-28(13-24)21(29)19-20(27-34-26-19)25-23(32)33-11-18-16-9-5-3-7-14(16)15-8-4-6-10-17(15)18/h3-10,18H,2,11-13H2,1H3,(H,30,31)(H,25,27,32). The molecule has 2 aromatic carbocycles. The van der Waals surface area contributed by atoms with Crippen LogP contribution in [0.5, 0.6) is 0 Å². The summed E-state index contributed by atoms with van der Waals surface area (Å²) in [5.74, 6) is -1.81. The molecule has 1 aliphatic heterocycles. The average Bonchev–Trinajstić information content (AvgIpc) is 3.39. The number of carboxylic acids is 1. The maximum absolute atomic E-state index is 12.7. The Hall–Kier alpha value is -4.21. The van der Waals surface area contributed by atoms with Gasteiger partial charge in [-0.2, -0.15) is 0 Å². The molecule has 2 aliphatic rings. The summed E-state index contributed by atoms with van der Waals surface area (Å²) in [6.45, 7) is 1.96. The molecule has 2 N–H and O–H groups in total. The Morgan fingerprint density at radius 2 is 1.71 bits per heavy atom. The number of carbonyl (C=O) groups is 3. The number of ether oxygens (including phenoxy) is 1. The molecule has 10 heteroatoms. The molecule has 2 amide bonds. The number of aliphatic carboxylic acids is 1. The van der Waals surface area contributed by atoms with Crippen molar-refractivity contribution in [1.29, 1.82) is 0 Å². The van der Waals surface area contributed by atoms with E-state index in [-0.39, 0.29) is 37.1 Å². The summed E-state index contributed by atoms with van der Waals surface area (Å²) >= 11 is 0. The first-order chi connectivity index (χ1) is 16.4. The van der Waals surface area contributed by atoms with Gasteiger partial charge in [-0.3, -0.25) is 14.9 Å². The number of fused-ring (bicyclic) bond motifs is 3. The first-order valence-electron chi connectivity index (χ1n) is 10.9. The number of nitrogens with one attached hydrogen (secondary N) is 1. The van der Waals surface area contributed by atoms with Crippen molar-refractivity contribution >= 4 is 23.8 Å². The van der Waals surface area contributed by atoms with Crippen LogP contribution < -0.4 is 5.32 Å². The van der Waals surface area contributed by atoms with Gasteiger partial charge in [0.2, 0.25) is 11.5 Å². The number of carbonyl (C=O) groups excluding carboxylic acids is 2. The van der Waals surface area contributed by atoms with Crippen LogP contribution in [0.25, 0.3) is 11.1 Å². The van der Waals surface area contributed by atoms with E-state index in [1.807, 2.05) is 48.5 Å². The Morgan fingerprint density at radius 1 is 1.09 bits per heavy atom. The van der Waals surface area contributed by atoms with Crippen LogP contribution in [-0.2, 0) is 9.53 Å². The second-order valence-corrected chi connectivity index (χ2v) is 8.51. The number of hydrogen-bond acceptors (Lipinski definition) is 7. The molecule has 2 heterocycles. The number of anilines is 1. The van der Waals surface area contributed by atoms with Gasteiger partial charge < -0.3 is 14.7 Å². The number of carboxylic acid groups (broad SMARTS) is 1. The van der Waals surface area contributed by atoms with Crippen LogP contribution in [0.15, 0.2) is 53.2 Å². The first-order valence-corrected chi connectivity index (χ1v) is 10.9. The fourth-order valence-electron chi connectivity index (χ4n) is 4.63. The molecule has 0 radical (unpaired) electrons. The van der Waals surface area contributed by atoms with E-state index in [4.69, 9.17) is 4.74 Å². The van der Waals surface area contributed by atoms with Crippen molar-refractivity contribution in [2.75, 3.05) is 25.0 Å². The lowest BCUT2D eigenvalue weighted by molar-refractivity contribution is -0.158. The van der Waals surface area contributed by atoms with E-state index in [1.165, 1.54) is 4.90 Å². The summed E-state index contributed by atoms with van der Waals surface area (Å²) in [5.41, 5.74) is 3.20. The summed E-state index contributed by atoms with van der Waals surface area (Å²) in [6, 6.07) is 16.0. The lowest BCUT2D eigenvalue weighted by Gasteiger charge is -2.46. The van der Waals surface area contributed by atoms with Crippen molar-refractivity contribution in [2.24, 2.45) is 5.41 Å². The van der Waals surface area contributed by atoms with Gasteiger partial charge in [0.05, 0.1) is 0 Å². The molecule has 34 heavy (non-hydrogen) atoms. The third-order valence-corrected chi connectivity index (χ3v) is 6.66. The molecule has 10 nitrogen and oxygen atoms in total. The zero-order valence-corrected chi connectivity index (χ0v) is 18.4. The Morgan fingerprint density at radius 3 is 2.29 bits per heavy atom. The molecular weight excluding hydrogens is 440 g/mol. The van der Waals surface area contributed by atoms with Crippen molar-refractivity contribution in [3.8, 4) is 11.1 Å². The molecule has 174 valence electrons. The summed E-state index contributed by atoms with van der Waals surface area (Å²) in [7, 11) is 0. The van der Waals surface area contributed by atoms with Crippen LogP contribution in [0, 0.1) is 5.41 Å². The molecule has 1 aromatic heterocycles. The number of amides is 2. The molecule has 1 fully saturated rings.